The van der Waals surface area contributed by atoms with E-state index in [9.17, 15) is 4.79 Å². The van der Waals surface area contributed by atoms with Crippen LogP contribution in [0.5, 0.6) is 0 Å². The zero-order valence-corrected chi connectivity index (χ0v) is 20.2. The Labute approximate surface area is 197 Å². The first-order chi connectivity index (χ1) is 14.3. The maximum absolute atomic E-state index is 12.6. The molecule has 1 amide bonds. The van der Waals surface area contributed by atoms with Crippen molar-refractivity contribution in [3.05, 3.63) is 30.3 Å². The van der Waals surface area contributed by atoms with Crippen molar-refractivity contribution in [2.45, 2.75) is 6.92 Å². The lowest BCUT2D eigenvalue weighted by Gasteiger charge is -2.36. The summed E-state index contributed by atoms with van der Waals surface area (Å²) in [5.74, 6) is 0.792. The molecule has 8 nitrogen and oxygen atoms in total. The van der Waals surface area contributed by atoms with Crippen LogP contribution in [0, 0.1) is 0 Å². The first-order valence-corrected chi connectivity index (χ1v) is 10.7. The number of para-hydroxylation sites is 1. The third kappa shape index (κ3) is 7.92. The summed E-state index contributed by atoms with van der Waals surface area (Å²) in [4.78, 5) is 23.7. The van der Waals surface area contributed by atoms with Crippen molar-refractivity contribution in [3.63, 3.8) is 0 Å². The fourth-order valence-electron chi connectivity index (χ4n) is 3.60. The van der Waals surface area contributed by atoms with Gasteiger partial charge in [0.1, 0.15) is 6.54 Å². The van der Waals surface area contributed by atoms with Crippen molar-refractivity contribution in [1.82, 2.24) is 20.4 Å². The Morgan fingerprint density at radius 3 is 2.40 bits per heavy atom. The molecule has 0 atom stereocenters. The summed E-state index contributed by atoms with van der Waals surface area (Å²) in [6.45, 7) is 11.5. The highest BCUT2D eigenvalue weighted by molar-refractivity contribution is 14.0. The van der Waals surface area contributed by atoms with E-state index >= 15 is 0 Å². The zero-order chi connectivity index (χ0) is 20.3. The van der Waals surface area contributed by atoms with Gasteiger partial charge in [-0.3, -0.25) is 9.69 Å². The molecule has 0 radical (unpaired) electrons. The Morgan fingerprint density at radius 2 is 1.73 bits per heavy atom. The van der Waals surface area contributed by atoms with Crippen molar-refractivity contribution in [3.8, 4) is 0 Å². The number of carbonyl (C=O) groups excluding carboxylic acids is 1. The number of hydrogen-bond acceptors (Lipinski definition) is 5. The van der Waals surface area contributed by atoms with Crippen LogP contribution in [0.4, 0.5) is 5.69 Å². The molecule has 9 heteroatoms. The Hall–Kier alpha value is -1.59. The van der Waals surface area contributed by atoms with E-state index in [1.807, 2.05) is 17.9 Å². The molecule has 2 aliphatic rings. The summed E-state index contributed by atoms with van der Waals surface area (Å²) in [5.41, 5.74) is 1.22. The molecule has 1 aromatic carbocycles. The lowest BCUT2D eigenvalue weighted by molar-refractivity contribution is -0.129. The number of hydrogen-bond donors (Lipinski definition) is 2. The number of anilines is 1. The Bertz CT molecular complexity index is 646. The number of rotatable bonds is 7. The van der Waals surface area contributed by atoms with Crippen LogP contribution in [0.2, 0.25) is 0 Å². The Morgan fingerprint density at radius 1 is 1.03 bits per heavy atom. The summed E-state index contributed by atoms with van der Waals surface area (Å²) >= 11 is 0. The van der Waals surface area contributed by atoms with Gasteiger partial charge in [0.15, 0.2) is 5.96 Å². The summed E-state index contributed by atoms with van der Waals surface area (Å²) in [6, 6.07) is 10.4. The van der Waals surface area contributed by atoms with E-state index in [0.717, 1.165) is 72.1 Å². The van der Waals surface area contributed by atoms with Gasteiger partial charge in [-0.15, -0.1) is 24.0 Å². The number of nitrogens with one attached hydrogen (secondary N) is 2. The fourth-order valence-corrected chi connectivity index (χ4v) is 3.60. The Balaban J connectivity index is 0.00000320. The molecule has 0 unspecified atom stereocenters. The third-order valence-corrected chi connectivity index (χ3v) is 5.29. The molecule has 2 heterocycles. The molecule has 2 saturated heterocycles. The Kier molecular flexibility index (Phi) is 11.2. The fraction of sp³-hybridized carbons (Fsp3) is 0.619. The number of halogens is 1. The number of ether oxygens (including phenoxy) is 1. The van der Waals surface area contributed by atoms with Crippen molar-refractivity contribution < 1.29 is 9.53 Å². The molecule has 168 valence electrons. The number of piperazine rings is 1. The third-order valence-electron chi connectivity index (χ3n) is 5.29. The lowest BCUT2D eigenvalue weighted by atomic mass is 10.2. The number of aliphatic imine (C=N–C) groups is 1. The van der Waals surface area contributed by atoms with Crippen LogP contribution >= 0.6 is 24.0 Å². The van der Waals surface area contributed by atoms with E-state index in [1.165, 1.54) is 5.69 Å². The maximum Gasteiger partial charge on any atom is 0.244 e. The molecule has 30 heavy (non-hydrogen) atoms. The van der Waals surface area contributed by atoms with E-state index in [0.29, 0.717) is 5.96 Å². The predicted molar refractivity (Wildman–Crippen MR) is 132 cm³/mol. The molecule has 0 bridgehead atoms. The van der Waals surface area contributed by atoms with E-state index in [1.54, 1.807) is 0 Å². The van der Waals surface area contributed by atoms with Gasteiger partial charge in [0.05, 0.1) is 13.2 Å². The first kappa shape index (κ1) is 24.7. The second kappa shape index (κ2) is 13.7. The molecule has 2 aliphatic heterocycles. The minimum absolute atomic E-state index is 0. The van der Waals surface area contributed by atoms with Crippen LogP contribution in [0.1, 0.15) is 6.92 Å². The topological polar surface area (TPSA) is 72.4 Å². The molecule has 2 N–H and O–H groups in total. The predicted octanol–water partition coefficient (Wildman–Crippen LogP) is 0.841. The normalized spacial score (nSPS) is 18.0. The molecular formula is C21H35IN6O2. The average molecular weight is 530 g/mol. The average Bonchev–Trinajstić information content (AvgIpc) is 2.78. The standard InChI is InChI=1S/C21H34N6O2.HI/c1-2-22-21(23-8-9-25-14-16-29-17-15-25)24-18-20(28)27-12-10-26(11-13-27)19-6-4-3-5-7-19;/h3-7H,2,8-18H2,1H3,(H2,22,23,24);1H. The number of carbonyl (C=O) groups is 1. The zero-order valence-electron chi connectivity index (χ0n) is 17.9. The van der Waals surface area contributed by atoms with Crippen LogP contribution in [0.3, 0.4) is 0 Å². The highest BCUT2D eigenvalue weighted by atomic mass is 127. The van der Waals surface area contributed by atoms with Crippen molar-refractivity contribution >= 4 is 41.5 Å². The first-order valence-electron chi connectivity index (χ1n) is 10.7. The van der Waals surface area contributed by atoms with Crippen LogP contribution < -0.4 is 15.5 Å². The molecule has 0 aliphatic carbocycles. The molecule has 0 aromatic heterocycles. The molecular weight excluding hydrogens is 495 g/mol. The van der Waals surface area contributed by atoms with Gasteiger partial charge in [0.25, 0.3) is 0 Å². The van der Waals surface area contributed by atoms with Crippen molar-refractivity contribution in [1.29, 1.82) is 0 Å². The van der Waals surface area contributed by atoms with E-state index in [2.05, 4.69) is 49.7 Å². The molecule has 1 aromatic rings. The summed E-state index contributed by atoms with van der Waals surface area (Å²) < 4.78 is 5.38. The van der Waals surface area contributed by atoms with Crippen LogP contribution in [0.25, 0.3) is 0 Å². The highest BCUT2D eigenvalue weighted by Crippen LogP contribution is 2.15. The van der Waals surface area contributed by atoms with Crippen LogP contribution in [-0.2, 0) is 9.53 Å². The number of benzene rings is 1. The van der Waals surface area contributed by atoms with Gasteiger partial charge in [-0.2, -0.15) is 0 Å². The van der Waals surface area contributed by atoms with E-state index < -0.39 is 0 Å². The minimum atomic E-state index is 0. The second-order valence-corrected chi connectivity index (χ2v) is 7.28. The van der Waals surface area contributed by atoms with Gasteiger partial charge in [-0.25, -0.2) is 4.99 Å². The van der Waals surface area contributed by atoms with Crippen LogP contribution in [-0.4, -0.2) is 100 Å². The van der Waals surface area contributed by atoms with Gasteiger partial charge in [-0.05, 0) is 19.1 Å². The summed E-state index contributed by atoms with van der Waals surface area (Å²) in [7, 11) is 0. The van der Waals surface area contributed by atoms with Gasteiger partial charge in [0.2, 0.25) is 5.91 Å². The van der Waals surface area contributed by atoms with E-state index in [-0.39, 0.29) is 36.4 Å². The van der Waals surface area contributed by atoms with Crippen molar-refractivity contribution in [2.75, 3.05) is 83.6 Å². The van der Waals surface area contributed by atoms with Crippen molar-refractivity contribution in [2.24, 2.45) is 4.99 Å². The van der Waals surface area contributed by atoms with Gasteiger partial charge in [0, 0.05) is 64.6 Å². The number of guanidine groups is 1. The largest absolute Gasteiger partial charge is 0.379 e. The number of amides is 1. The smallest absolute Gasteiger partial charge is 0.244 e. The SMILES string of the molecule is CCNC(=NCC(=O)N1CCN(c2ccccc2)CC1)NCCN1CCOCC1.I. The second-order valence-electron chi connectivity index (χ2n) is 7.28. The quantitative estimate of drug-likeness (QED) is 0.310. The molecule has 3 rings (SSSR count). The van der Waals surface area contributed by atoms with Gasteiger partial charge < -0.3 is 25.2 Å². The van der Waals surface area contributed by atoms with Crippen LogP contribution in [0.15, 0.2) is 35.3 Å². The van der Waals surface area contributed by atoms with Gasteiger partial charge in [-0.1, -0.05) is 18.2 Å². The highest BCUT2D eigenvalue weighted by Gasteiger charge is 2.21. The van der Waals surface area contributed by atoms with E-state index in [4.69, 9.17) is 4.74 Å². The summed E-state index contributed by atoms with van der Waals surface area (Å²) in [5, 5.41) is 6.56. The lowest BCUT2D eigenvalue weighted by Crippen LogP contribution is -2.50. The monoisotopic (exact) mass is 530 g/mol. The minimum Gasteiger partial charge on any atom is -0.379 e. The maximum atomic E-state index is 12.6. The molecule has 2 fully saturated rings. The molecule has 0 spiro atoms. The van der Waals surface area contributed by atoms with Gasteiger partial charge >= 0.3 is 0 Å². The molecule has 0 saturated carbocycles. The number of nitrogens with zero attached hydrogens (tertiary/aromatic N) is 4. The number of morpholine rings is 1. The summed E-state index contributed by atoms with van der Waals surface area (Å²) in [6.07, 6.45) is 0.